The van der Waals surface area contributed by atoms with Gasteiger partial charge in [0, 0.05) is 50.3 Å². The molecule has 4 atom stereocenters. The van der Waals surface area contributed by atoms with Gasteiger partial charge in [0.15, 0.2) is 6.23 Å². The van der Waals surface area contributed by atoms with Crippen LogP contribution in [0.1, 0.15) is 31.4 Å². The van der Waals surface area contributed by atoms with Gasteiger partial charge in [-0.25, -0.2) is 4.98 Å². The number of hydrogen-bond donors (Lipinski definition) is 1. The molecule has 0 bridgehead atoms. The monoisotopic (exact) mass is 534 g/mol. The Morgan fingerprint density at radius 1 is 1.22 bits per heavy atom. The Morgan fingerprint density at radius 2 is 2.03 bits per heavy atom. The molecule has 11 heteroatoms. The number of nitrogens with zero attached hydrogens (tertiary/aromatic N) is 4. The van der Waals surface area contributed by atoms with Crippen molar-refractivity contribution in [1.29, 1.82) is 0 Å². The lowest BCUT2D eigenvalue weighted by Gasteiger charge is -2.44. The van der Waals surface area contributed by atoms with Crippen molar-refractivity contribution in [1.82, 2.24) is 14.8 Å². The molecule has 1 saturated heterocycles. The van der Waals surface area contributed by atoms with Crippen molar-refractivity contribution in [2.45, 2.75) is 50.9 Å². The van der Waals surface area contributed by atoms with E-state index < -0.39 is 24.1 Å². The van der Waals surface area contributed by atoms with E-state index in [1.54, 1.807) is 29.8 Å². The summed E-state index contributed by atoms with van der Waals surface area (Å²) in [6.45, 7) is 6.41. The number of halogens is 3. The molecule has 1 fully saturated rings. The van der Waals surface area contributed by atoms with Gasteiger partial charge in [-0.1, -0.05) is 23.4 Å². The molecule has 0 amide bonds. The number of ether oxygens (including phenoxy) is 1. The lowest BCUT2D eigenvalue weighted by atomic mass is 9.98. The minimum atomic E-state index is -4.45. The second-order valence-corrected chi connectivity index (χ2v) is 10.5. The predicted octanol–water partition coefficient (Wildman–Crippen LogP) is 4.60. The van der Waals surface area contributed by atoms with Crippen LogP contribution in [0.3, 0.4) is 0 Å². The zero-order chi connectivity index (χ0) is 26.2. The molecule has 198 valence electrons. The summed E-state index contributed by atoms with van der Waals surface area (Å²) in [5.41, 5.74) is 2.35. The van der Waals surface area contributed by atoms with E-state index in [0.29, 0.717) is 44.1 Å². The molecule has 1 N–H and O–H groups in total. The van der Waals surface area contributed by atoms with E-state index in [0.717, 1.165) is 16.3 Å². The number of alkyl halides is 3. The van der Waals surface area contributed by atoms with Crippen molar-refractivity contribution < 1.29 is 27.9 Å². The highest BCUT2D eigenvalue weighted by Gasteiger charge is 2.38. The molecule has 3 heterocycles. The molecule has 1 unspecified atom stereocenters. The summed E-state index contributed by atoms with van der Waals surface area (Å²) in [5, 5.41) is 14.5. The number of aliphatic hydroxyl groups is 1. The molecule has 2 aliphatic heterocycles. The lowest BCUT2D eigenvalue weighted by molar-refractivity contribution is -0.137. The van der Waals surface area contributed by atoms with Crippen LogP contribution in [0, 0.1) is 0 Å². The zero-order valence-corrected chi connectivity index (χ0v) is 21.4. The summed E-state index contributed by atoms with van der Waals surface area (Å²) < 4.78 is 47.6. The summed E-state index contributed by atoms with van der Waals surface area (Å²) in [5.74, 6) is 0.655. The third-order valence-electron chi connectivity index (χ3n) is 6.80. The number of aromatic nitrogens is 1. The molecule has 2 aliphatic rings. The van der Waals surface area contributed by atoms with E-state index in [1.807, 2.05) is 18.2 Å². The van der Waals surface area contributed by atoms with Crippen LogP contribution in [-0.4, -0.2) is 76.3 Å². The minimum absolute atomic E-state index is 0.0726. The van der Waals surface area contributed by atoms with Gasteiger partial charge in [-0.2, -0.15) is 13.2 Å². The number of oxime groups is 1. The average Bonchev–Trinajstić information content (AvgIpc) is 3.51. The van der Waals surface area contributed by atoms with Crippen LogP contribution in [0.15, 0.2) is 53.1 Å². The van der Waals surface area contributed by atoms with Crippen LogP contribution < -0.4 is 4.74 Å². The summed E-state index contributed by atoms with van der Waals surface area (Å²) in [4.78, 5) is 14.2. The summed E-state index contributed by atoms with van der Waals surface area (Å²) in [6, 6.07) is 11.3. The molecule has 0 saturated carbocycles. The maximum absolute atomic E-state index is 13.4. The van der Waals surface area contributed by atoms with Crippen molar-refractivity contribution in [2.75, 3.05) is 26.2 Å². The first-order valence-corrected chi connectivity index (χ1v) is 13.1. The first kappa shape index (κ1) is 25.9. The Bertz CT molecular complexity index is 1270. The minimum Gasteiger partial charge on any atom is -0.472 e. The Hall–Kier alpha value is -2.73. The van der Waals surface area contributed by atoms with Gasteiger partial charge in [-0.05, 0) is 32.0 Å². The number of hydrogen-bond acceptors (Lipinski definition) is 8. The van der Waals surface area contributed by atoms with Crippen molar-refractivity contribution >= 4 is 27.3 Å². The van der Waals surface area contributed by atoms with Crippen LogP contribution >= 0.6 is 11.3 Å². The highest BCUT2D eigenvalue weighted by Crippen LogP contribution is 2.34. The highest BCUT2D eigenvalue weighted by molar-refractivity contribution is 7.16. The van der Waals surface area contributed by atoms with Crippen LogP contribution in [0.4, 0.5) is 13.2 Å². The van der Waals surface area contributed by atoms with Gasteiger partial charge in [-0.15, -0.1) is 11.3 Å². The van der Waals surface area contributed by atoms with E-state index in [1.165, 1.54) is 12.1 Å². The van der Waals surface area contributed by atoms with Crippen LogP contribution in [-0.2, 0) is 11.0 Å². The normalized spacial score (nSPS) is 23.0. The van der Waals surface area contributed by atoms with Gasteiger partial charge >= 0.3 is 6.18 Å². The largest absolute Gasteiger partial charge is 0.472 e. The zero-order valence-electron chi connectivity index (χ0n) is 20.6. The van der Waals surface area contributed by atoms with E-state index in [-0.39, 0.29) is 17.7 Å². The Morgan fingerprint density at radius 3 is 2.78 bits per heavy atom. The second-order valence-electron chi connectivity index (χ2n) is 9.59. The van der Waals surface area contributed by atoms with Gasteiger partial charge in [0.1, 0.15) is 18.0 Å². The molecular weight excluding hydrogens is 505 g/mol. The third-order valence-corrected chi connectivity index (χ3v) is 7.61. The first-order chi connectivity index (χ1) is 17.7. The van der Waals surface area contributed by atoms with Crippen molar-refractivity contribution in [2.24, 2.45) is 5.16 Å². The Kier molecular flexibility index (Phi) is 7.39. The van der Waals surface area contributed by atoms with E-state index in [4.69, 9.17) is 9.57 Å². The molecule has 37 heavy (non-hydrogen) atoms. The number of benzene rings is 2. The fourth-order valence-corrected chi connectivity index (χ4v) is 5.70. The predicted molar refractivity (Wildman–Crippen MR) is 136 cm³/mol. The maximum atomic E-state index is 13.4. The molecule has 0 radical (unpaired) electrons. The summed E-state index contributed by atoms with van der Waals surface area (Å²) in [6.07, 6.45) is -5.69. The fourth-order valence-electron chi connectivity index (χ4n) is 5.04. The van der Waals surface area contributed by atoms with Gasteiger partial charge in [0.25, 0.3) is 0 Å². The standard InChI is InChI=1S/C26H29F3N4O3S/c1-16-13-32(14-19-12-22(31-36-19)20-5-3-4-6-21(20)26(27,28)29)9-10-33(16)25(17(2)34)35-18-7-8-24-23(11-18)30-15-37-24/h3-8,11,15-17,19,25,34H,9-10,12-14H2,1-2H3/t16-,17+,19+,25?/m0/s1. The summed E-state index contributed by atoms with van der Waals surface area (Å²) >= 11 is 1.56. The van der Waals surface area contributed by atoms with Gasteiger partial charge in [0.2, 0.25) is 0 Å². The van der Waals surface area contributed by atoms with Crippen LogP contribution in [0.25, 0.3) is 10.2 Å². The Balaban J connectivity index is 1.18. The molecule has 1 aromatic heterocycles. The topological polar surface area (TPSA) is 70.4 Å². The summed E-state index contributed by atoms with van der Waals surface area (Å²) in [7, 11) is 0. The van der Waals surface area contributed by atoms with E-state index in [9.17, 15) is 18.3 Å². The van der Waals surface area contributed by atoms with Gasteiger partial charge in [0.05, 0.1) is 27.0 Å². The molecule has 5 rings (SSSR count). The average molecular weight is 535 g/mol. The molecular formula is C26H29F3N4O3S. The quantitative estimate of drug-likeness (QED) is 0.478. The molecule has 0 aliphatic carbocycles. The van der Waals surface area contributed by atoms with E-state index in [2.05, 4.69) is 26.9 Å². The second kappa shape index (κ2) is 10.6. The lowest BCUT2D eigenvalue weighted by Crippen LogP contribution is -2.60. The SMILES string of the molecule is C[C@@H](O)C(Oc1ccc2scnc2c1)N1CCN(C[C@H]2CC(c3ccccc3C(F)(F)F)=NO2)C[C@@H]1C. The molecule has 0 spiro atoms. The van der Waals surface area contributed by atoms with Crippen molar-refractivity contribution in [3.63, 3.8) is 0 Å². The van der Waals surface area contributed by atoms with E-state index >= 15 is 0 Å². The number of thiazole rings is 1. The van der Waals surface area contributed by atoms with Gasteiger partial charge < -0.3 is 14.7 Å². The number of rotatable bonds is 7. The first-order valence-electron chi connectivity index (χ1n) is 12.2. The van der Waals surface area contributed by atoms with Crippen molar-refractivity contribution in [3.05, 3.63) is 59.1 Å². The highest BCUT2D eigenvalue weighted by atomic mass is 32.1. The fraction of sp³-hybridized carbons (Fsp3) is 0.462. The third kappa shape index (κ3) is 5.74. The van der Waals surface area contributed by atoms with Crippen LogP contribution in [0.2, 0.25) is 0 Å². The number of fused-ring (bicyclic) bond motifs is 1. The number of aliphatic hydroxyl groups excluding tert-OH is 1. The molecule has 2 aromatic carbocycles. The maximum Gasteiger partial charge on any atom is 0.417 e. The smallest absolute Gasteiger partial charge is 0.417 e. The van der Waals surface area contributed by atoms with Crippen molar-refractivity contribution in [3.8, 4) is 5.75 Å². The Labute approximate surface area is 217 Å². The molecule has 7 nitrogen and oxygen atoms in total. The molecule has 3 aromatic rings. The number of piperazine rings is 1. The van der Waals surface area contributed by atoms with Crippen LogP contribution in [0.5, 0.6) is 5.75 Å². The van der Waals surface area contributed by atoms with Gasteiger partial charge in [-0.3, -0.25) is 9.80 Å².